The van der Waals surface area contributed by atoms with E-state index in [-0.39, 0.29) is 30.6 Å². The number of ether oxygens (including phenoxy) is 1. The number of benzene rings is 2. The number of hydrogen-bond donors (Lipinski definition) is 1. The van der Waals surface area contributed by atoms with E-state index in [0.29, 0.717) is 5.56 Å². The lowest BCUT2D eigenvalue weighted by atomic mass is 10.0. The zero-order chi connectivity index (χ0) is 22.0. The summed E-state index contributed by atoms with van der Waals surface area (Å²) < 4.78 is 5.17. The molecular formula is C23H18N2O6. The lowest BCUT2D eigenvalue weighted by Crippen LogP contribution is -2.54. The van der Waals surface area contributed by atoms with Gasteiger partial charge < -0.3 is 4.74 Å². The lowest BCUT2D eigenvalue weighted by molar-refractivity contribution is -0.139. The van der Waals surface area contributed by atoms with Crippen molar-refractivity contribution in [2.45, 2.75) is 25.5 Å². The van der Waals surface area contributed by atoms with E-state index >= 15 is 0 Å². The van der Waals surface area contributed by atoms with E-state index < -0.39 is 35.6 Å². The summed E-state index contributed by atoms with van der Waals surface area (Å²) in [6.07, 6.45) is 2.88. The van der Waals surface area contributed by atoms with Crippen LogP contribution >= 0.6 is 0 Å². The highest BCUT2D eigenvalue weighted by Crippen LogP contribution is 2.28. The molecule has 2 aliphatic rings. The van der Waals surface area contributed by atoms with Gasteiger partial charge in [-0.15, -0.1) is 0 Å². The Kier molecular flexibility index (Phi) is 5.44. The normalized spacial score (nSPS) is 18.3. The first-order valence-electron chi connectivity index (χ1n) is 9.68. The van der Waals surface area contributed by atoms with Gasteiger partial charge in [0.2, 0.25) is 11.8 Å². The number of nitrogens with zero attached hydrogens (tertiary/aromatic N) is 1. The van der Waals surface area contributed by atoms with Crippen LogP contribution in [0.25, 0.3) is 6.08 Å². The largest absolute Gasteiger partial charge is 0.458 e. The second-order valence-corrected chi connectivity index (χ2v) is 7.18. The molecule has 8 nitrogen and oxygen atoms in total. The third kappa shape index (κ3) is 4.13. The maximum atomic E-state index is 12.8. The maximum absolute atomic E-state index is 12.8. The van der Waals surface area contributed by atoms with Crippen LogP contribution in [0.5, 0.6) is 0 Å². The number of amides is 4. The summed E-state index contributed by atoms with van der Waals surface area (Å²) in [5.74, 6) is -2.81. The molecule has 0 aromatic heterocycles. The van der Waals surface area contributed by atoms with Gasteiger partial charge in [-0.05, 0) is 35.8 Å². The molecule has 156 valence electrons. The van der Waals surface area contributed by atoms with Crippen molar-refractivity contribution in [1.82, 2.24) is 10.2 Å². The summed E-state index contributed by atoms with van der Waals surface area (Å²) in [5, 5.41) is 2.16. The molecule has 0 bridgehead atoms. The van der Waals surface area contributed by atoms with E-state index in [2.05, 4.69) is 5.32 Å². The number of nitrogens with one attached hydrogen (secondary N) is 1. The van der Waals surface area contributed by atoms with E-state index in [1.807, 2.05) is 30.3 Å². The molecule has 0 spiro atoms. The molecule has 2 aromatic carbocycles. The van der Waals surface area contributed by atoms with E-state index in [0.717, 1.165) is 10.5 Å². The maximum Gasteiger partial charge on any atom is 0.331 e. The number of imide groups is 2. The lowest BCUT2D eigenvalue weighted by Gasteiger charge is -2.27. The van der Waals surface area contributed by atoms with Crippen molar-refractivity contribution in [3.8, 4) is 0 Å². The molecule has 2 heterocycles. The minimum atomic E-state index is -1.02. The molecule has 8 heteroatoms. The van der Waals surface area contributed by atoms with Crippen LogP contribution in [0.1, 0.15) is 44.7 Å². The molecule has 31 heavy (non-hydrogen) atoms. The molecule has 1 N–H and O–H groups in total. The van der Waals surface area contributed by atoms with Crippen molar-refractivity contribution >= 4 is 35.7 Å². The van der Waals surface area contributed by atoms with E-state index in [1.165, 1.54) is 24.3 Å². The van der Waals surface area contributed by atoms with Crippen LogP contribution in [-0.2, 0) is 25.7 Å². The number of rotatable bonds is 5. The topological polar surface area (TPSA) is 110 Å². The molecular weight excluding hydrogens is 400 g/mol. The van der Waals surface area contributed by atoms with Crippen molar-refractivity contribution in [3.05, 3.63) is 76.9 Å². The molecule has 1 unspecified atom stereocenters. The number of esters is 1. The first kappa shape index (κ1) is 20.2. The SMILES string of the molecule is O=C1CCC(N2C(=O)c3ccc(/C=C/C(=O)OCc4ccccc4)cc3C2=O)C(=O)N1. The number of carbonyl (C=O) groups excluding carboxylic acids is 5. The Morgan fingerprint density at radius 1 is 1.03 bits per heavy atom. The van der Waals surface area contributed by atoms with E-state index in [4.69, 9.17) is 4.74 Å². The third-order valence-corrected chi connectivity index (χ3v) is 5.10. The molecule has 1 saturated heterocycles. The van der Waals surface area contributed by atoms with Crippen molar-refractivity contribution in [3.63, 3.8) is 0 Å². The zero-order valence-corrected chi connectivity index (χ0v) is 16.4. The van der Waals surface area contributed by atoms with Gasteiger partial charge in [0.05, 0.1) is 11.1 Å². The molecule has 2 aromatic rings. The number of piperidine rings is 1. The van der Waals surface area contributed by atoms with Gasteiger partial charge in [0.15, 0.2) is 0 Å². The Morgan fingerprint density at radius 3 is 2.52 bits per heavy atom. The monoisotopic (exact) mass is 418 g/mol. The van der Waals surface area contributed by atoms with Crippen LogP contribution in [0.4, 0.5) is 0 Å². The van der Waals surface area contributed by atoms with Crippen molar-refractivity contribution in [2.24, 2.45) is 0 Å². The Morgan fingerprint density at radius 2 is 1.77 bits per heavy atom. The molecule has 2 aliphatic heterocycles. The number of carbonyl (C=O) groups is 5. The van der Waals surface area contributed by atoms with Gasteiger partial charge in [-0.1, -0.05) is 36.4 Å². The van der Waals surface area contributed by atoms with Crippen LogP contribution in [0.3, 0.4) is 0 Å². The highest BCUT2D eigenvalue weighted by Gasteiger charge is 2.44. The number of fused-ring (bicyclic) bond motifs is 1. The summed E-state index contributed by atoms with van der Waals surface area (Å²) in [5.41, 5.74) is 1.72. The van der Waals surface area contributed by atoms with E-state index in [1.54, 1.807) is 6.07 Å². The van der Waals surface area contributed by atoms with Crippen molar-refractivity contribution in [1.29, 1.82) is 0 Å². The highest BCUT2D eigenvalue weighted by atomic mass is 16.5. The first-order chi connectivity index (χ1) is 14.9. The van der Waals surface area contributed by atoms with Gasteiger partial charge in [-0.3, -0.25) is 29.4 Å². The Balaban J connectivity index is 1.45. The number of hydrogen-bond acceptors (Lipinski definition) is 6. The Hall–Kier alpha value is -4.07. The van der Waals surface area contributed by atoms with Gasteiger partial charge in [0.25, 0.3) is 11.8 Å². The standard InChI is InChI=1S/C23H18N2O6/c26-19-10-9-18(21(28)24-19)25-22(29)16-8-6-14(12-17(16)23(25)30)7-11-20(27)31-13-15-4-2-1-3-5-15/h1-8,11-12,18H,9-10,13H2,(H,24,26,28)/b11-7+. The predicted octanol–water partition coefficient (Wildman–Crippen LogP) is 1.84. The summed E-state index contributed by atoms with van der Waals surface area (Å²) in [7, 11) is 0. The fourth-order valence-corrected chi connectivity index (χ4v) is 3.53. The summed E-state index contributed by atoms with van der Waals surface area (Å²) in [6.45, 7) is 0.141. The molecule has 0 radical (unpaired) electrons. The summed E-state index contributed by atoms with van der Waals surface area (Å²) in [6, 6.07) is 12.8. The quantitative estimate of drug-likeness (QED) is 0.451. The van der Waals surface area contributed by atoms with Gasteiger partial charge in [0.1, 0.15) is 12.6 Å². The van der Waals surface area contributed by atoms with Crippen LogP contribution in [0.15, 0.2) is 54.6 Å². The molecule has 0 saturated carbocycles. The fraction of sp³-hybridized carbons (Fsp3) is 0.174. The molecule has 4 amide bonds. The van der Waals surface area contributed by atoms with Gasteiger partial charge in [-0.25, -0.2) is 4.79 Å². The highest BCUT2D eigenvalue weighted by molar-refractivity contribution is 6.23. The van der Waals surface area contributed by atoms with Gasteiger partial charge in [0, 0.05) is 12.5 Å². The zero-order valence-electron chi connectivity index (χ0n) is 16.4. The van der Waals surface area contributed by atoms with Crippen LogP contribution in [-0.4, -0.2) is 40.5 Å². The molecule has 1 atom stereocenters. The molecule has 1 fully saturated rings. The minimum Gasteiger partial charge on any atom is -0.458 e. The van der Waals surface area contributed by atoms with Crippen LogP contribution in [0.2, 0.25) is 0 Å². The van der Waals surface area contributed by atoms with Gasteiger partial charge >= 0.3 is 5.97 Å². The van der Waals surface area contributed by atoms with Crippen LogP contribution in [0, 0.1) is 0 Å². The van der Waals surface area contributed by atoms with Gasteiger partial charge in [-0.2, -0.15) is 0 Å². The summed E-state index contributed by atoms with van der Waals surface area (Å²) >= 11 is 0. The predicted molar refractivity (Wildman–Crippen MR) is 108 cm³/mol. The second kappa shape index (κ2) is 8.35. The average Bonchev–Trinajstić information content (AvgIpc) is 3.01. The third-order valence-electron chi connectivity index (χ3n) is 5.10. The molecule has 4 rings (SSSR count). The minimum absolute atomic E-state index is 0.0584. The van der Waals surface area contributed by atoms with E-state index in [9.17, 15) is 24.0 Å². The second-order valence-electron chi connectivity index (χ2n) is 7.18. The smallest absolute Gasteiger partial charge is 0.331 e. The average molecular weight is 418 g/mol. The Labute approximate surface area is 177 Å². The van der Waals surface area contributed by atoms with Crippen molar-refractivity contribution < 1.29 is 28.7 Å². The van der Waals surface area contributed by atoms with Crippen molar-refractivity contribution in [2.75, 3.05) is 0 Å². The fourth-order valence-electron chi connectivity index (χ4n) is 3.53. The van der Waals surface area contributed by atoms with Crippen LogP contribution < -0.4 is 5.32 Å². The first-order valence-corrected chi connectivity index (χ1v) is 9.68. The summed E-state index contributed by atoms with van der Waals surface area (Å²) in [4.78, 5) is 61.8. The Bertz CT molecular complexity index is 1120. The molecule has 0 aliphatic carbocycles.